The second-order valence-electron chi connectivity index (χ2n) is 4.84. The van der Waals surface area contributed by atoms with Crippen LogP contribution in [0.25, 0.3) is 0 Å². The van der Waals surface area contributed by atoms with Crippen LogP contribution in [0, 0.1) is 0 Å². The number of carbonyl (C=O) groups is 1. The molecule has 2 rings (SSSR count). The molecule has 16 heavy (non-hydrogen) atoms. The van der Waals surface area contributed by atoms with Gasteiger partial charge >= 0.3 is 0 Å². The highest BCUT2D eigenvalue weighted by Crippen LogP contribution is 2.28. The lowest BCUT2D eigenvalue weighted by Gasteiger charge is -2.46. The van der Waals surface area contributed by atoms with Crippen molar-refractivity contribution in [1.29, 1.82) is 0 Å². The fourth-order valence-corrected chi connectivity index (χ4v) is 2.21. The second kappa shape index (κ2) is 3.94. The lowest BCUT2D eigenvalue weighted by Crippen LogP contribution is -2.61. The third kappa shape index (κ3) is 1.73. The summed E-state index contributed by atoms with van der Waals surface area (Å²) < 4.78 is 5.15. The predicted molar refractivity (Wildman–Crippen MR) is 61.0 cm³/mol. The number of rotatable bonds is 1. The molecule has 1 aliphatic rings. The number of nitrogens with two attached hydrogens (primary N) is 1. The van der Waals surface area contributed by atoms with E-state index in [1.165, 1.54) is 6.26 Å². The van der Waals surface area contributed by atoms with Crippen LogP contribution in [0.3, 0.4) is 0 Å². The van der Waals surface area contributed by atoms with Crippen molar-refractivity contribution in [3.8, 4) is 0 Å². The molecule has 4 heteroatoms. The lowest BCUT2D eigenvalue weighted by molar-refractivity contribution is 0.0333. The van der Waals surface area contributed by atoms with Crippen LogP contribution in [-0.2, 0) is 0 Å². The molecule has 1 aromatic rings. The summed E-state index contributed by atoms with van der Waals surface area (Å²) in [6.07, 6.45) is 3.44. The first kappa shape index (κ1) is 11.2. The maximum absolute atomic E-state index is 12.2. The van der Waals surface area contributed by atoms with E-state index in [9.17, 15) is 4.79 Å². The highest BCUT2D eigenvalue weighted by atomic mass is 16.3. The average Bonchev–Trinajstić information content (AvgIpc) is 2.74. The third-order valence-electron chi connectivity index (χ3n) is 3.48. The molecule has 1 saturated heterocycles. The first-order valence-electron chi connectivity index (χ1n) is 5.64. The van der Waals surface area contributed by atoms with E-state index in [0.29, 0.717) is 5.76 Å². The van der Waals surface area contributed by atoms with Crippen LogP contribution in [0.4, 0.5) is 0 Å². The predicted octanol–water partition coefficient (Wildman–Crippen LogP) is 1.62. The van der Waals surface area contributed by atoms with Gasteiger partial charge in [-0.15, -0.1) is 0 Å². The molecule has 4 nitrogen and oxygen atoms in total. The van der Waals surface area contributed by atoms with Crippen LogP contribution >= 0.6 is 0 Å². The Labute approximate surface area is 95.4 Å². The van der Waals surface area contributed by atoms with Crippen LogP contribution in [0.2, 0.25) is 0 Å². The Morgan fingerprint density at radius 3 is 3.00 bits per heavy atom. The summed E-state index contributed by atoms with van der Waals surface area (Å²) in [5.41, 5.74) is 5.77. The van der Waals surface area contributed by atoms with Gasteiger partial charge in [-0.1, -0.05) is 0 Å². The summed E-state index contributed by atoms with van der Waals surface area (Å²) in [6, 6.07) is 3.45. The van der Waals surface area contributed by atoms with Gasteiger partial charge in [0.1, 0.15) is 0 Å². The van der Waals surface area contributed by atoms with Gasteiger partial charge in [-0.3, -0.25) is 4.79 Å². The molecule has 2 N–H and O–H groups in total. The molecule has 0 radical (unpaired) electrons. The summed E-state index contributed by atoms with van der Waals surface area (Å²) in [4.78, 5) is 14.0. The molecule has 0 spiro atoms. The zero-order chi connectivity index (χ0) is 11.8. The van der Waals surface area contributed by atoms with Crippen LogP contribution in [0.1, 0.15) is 37.2 Å². The fraction of sp³-hybridized carbons (Fsp3) is 0.583. The van der Waals surface area contributed by atoms with Gasteiger partial charge in [0.25, 0.3) is 5.91 Å². The van der Waals surface area contributed by atoms with Crippen molar-refractivity contribution in [2.24, 2.45) is 5.73 Å². The molecule has 2 heterocycles. The number of hydrogen-bond donors (Lipinski definition) is 1. The Hall–Kier alpha value is -1.29. The zero-order valence-electron chi connectivity index (χ0n) is 9.77. The van der Waals surface area contributed by atoms with E-state index in [-0.39, 0.29) is 17.5 Å². The Balaban J connectivity index is 2.23. The number of piperidine rings is 1. The van der Waals surface area contributed by atoms with Gasteiger partial charge in [0.05, 0.1) is 11.8 Å². The van der Waals surface area contributed by atoms with Gasteiger partial charge in [-0.05, 0) is 38.8 Å². The first-order valence-corrected chi connectivity index (χ1v) is 5.64. The minimum atomic E-state index is -0.303. The summed E-state index contributed by atoms with van der Waals surface area (Å²) in [5.74, 6) is 0.326. The Morgan fingerprint density at radius 1 is 1.62 bits per heavy atom. The van der Waals surface area contributed by atoms with Gasteiger partial charge in [0, 0.05) is 12.6 Å². The second-order valence-corrected chi connectivity index (χ2v) is 4.84. The van der Waals surface area contributed by atoms with Gasteiger partial charge in [-0.2, -0.15) is 0 Å². The van der Waals surface area contributed by atoms with E-state index in [1.807, 2.05) is 18.7 Å². The van der Waals surface area contributed by atoms with Crippen molar-refractivity contribution in [3.63, 3.8) is 0 Å². The highest BCUT2D eigenvalue weighted by Gasteiger charge is 2.40. The van der Waals surface area contributed by atoms with E-state index in [0.717, 1.165) is 19.4 Å². The normalized spacial score (nSPS) is 24.4. The van der Waals surface area contributed by atoms with Crippen molar-refractivity contribution < 1.29 is 9.21 Å². The molecule has 1 amide bonds. The molecule has 0 bridgehead atoms. The molecule has 1 fully saturated rings. The molecular weight excluding hydrogens is 204 g/mol. The van der Waals surface area contributed by atoms with Crippen molar-refractivity contribution >= 4 is 5.91 Å². The first-order chi connectivity index (χ1) is 7.53. The van der Waals surface area contributed by atoms with Crippen molar-refractivity contribution in [3.05, 3.63) is 24.2 Å². The molecule has 1 atom stereocenters. The van der Waals surface area contributed by atoms with Crippen LogP contribution in [0.5, 0.6) is 0 Å². The summed E-state index contributed by atoms with van der Waals surface area (Å²) >= 11 is 0. The van der Waals surface area contributed by atoms with E-state index < -0.39 is 0 Å². The van der Waals surface area contributed by atoms with E-state index in [4.69, 9.17) is 10.2 Å². The lowest BCUT2D eigenvalue weighted by atomic mass is 9.85. The molecular formula is C12H18N2O2. The molecule has 0 saturated carbocycles. The zero-order valence-corrected chi connectivity index (χ0v) is 9.77. The summed E-state index contributed by atoms with van der Waals surface area (Å²) in [6.45, 7) is 4.77. The summed E-state index contributed by atoms with van der Waals surface area (Å²) in [7, 11) is 0. The topological polar surface area (TPSA) is 59.5 Å². The van der Waals surface area contributed by atoms with Crippen molar-refractivity contribution in [2.75, 3.05) is 6.54 Å². The SMILES string of the molecule is CC1(C)C(N)CCCN1C(=O)c1ccco1. The quantitative estimate of drug-likeness (QED) is 0.785. The highest BCUT2D eigenvalue weighted by molar-refractivity contribution is 5.92. The number of amides is 1. The van der Waals surface area contributed by atoms with Gasteiger partial charge in [0.15, 0.2) is 5.76 Å². The fourth-order valence-electron chi connectivity index (χ4n) is 2.21. The standard InChI is InChI=1S/C12H18N2O2/c1-12(2)10(13)6-3-7-14(12)11(15)9-5-4-8-16-9/h4-5,8,10H,3,6-7,13H2,1-2H3. The van der Waals surface area contributed by atoms with Gasteiger partial charge < -0.3 is 15.1 Å². The third-order valence-corrected chi connectivity index (χ3v) is 3.48. The van der Waals surface area contributed by atoms with Gasteiger partial charge in [-0.25, -0.2) is 0 Å². The molecule has 1 aliphatic heterocycles. The number of likely N-dealkylation sites (tertiary alicyclic amines) is 1. The van der Waals surface area contributed by atoms with Gasteiger partial charge in [0.2, 0.25) is 0 Å². The Kier molecular flexibility index (Phi) is 2.76. The van der Waals surface area contributed by atoms with E-state index >= 15 is 0 Å². The van der Waals surface area contributed by atoms with Crippen LogP contribution in [-0.4, -0.2) is 28.9 Å². The molecule has 1 unspecified atom stereocenters. The summed E-state index contributed by atoms with van der Waals surface area (Å²) in [5, 5.41) is 0. The Morgan fingerprint density at radius 2 is 2.38 bits per heavy atom. The van der Waals surface area contributed by atoms with Crippen molar-refractivity contribution in [2.45, 2.75) is 38.3 Å². The number of carbonyl (C=O) groups excluding carboxylic acids is 1. The number of nitrogens with zero attached hydrogens (tertiary/aromatic N) is 1. The average molecular weight is 222 g/mol. The Bertz CT molecular complexity index is 370. The van der Waals surface area contributed by atoms with Crippen molar-refractivity contribution in [1.82, 2.24) is 4.90 Å². The van der Waals surface area contributed by atoms with E-state index in [2.05, 4.69) is 0 Å². The molecule has 0 aliphatic carbocycles. The molecule has 88 valence electrons. The smallest absolute Gasteiger partial charge is 0.290 e. The van der Waals surface area contributed by atoms with Crippen LogP contribution in [0.15, 0.2) is 22.8 Å². The minimum absolute atomic E-state index is 0.0279. The molecule has 1 aromatic heterocycles. The number of furan rings is 1. The molecule has 0 aromatic carbocycles. The maximum Gasteiger partial charge on any atom is 0.290 e. The van der Waals surface area contributed by atoms with E-state index in [1.54, 1.807) is 12.1 Å². The maximum atomic E-state index is 12.2. The number of hydrogen-bond acceptors (Lipinski definition) is 3. The largest absolute Gasteiger partial charge is 0.459 e. The monoisotopic (exact) mass is 222 g/mol. The minimum Gasteiger partial charge on any atom is -0.459 e. The van der Waals surface area contributed by atoms with Crippen LogP contribution < -0.4 is 5.73 Å².